The van der Waals surface area contributed by atoms with Crippen LogP contribution in [0.3, 0.4) is 0 Å². The van der Waals surface area contributed by atoms with Crippen LogP contribution in [0.4, 0.5) is 19.1 Å². The standard InChI is InChI=1S/C12H13F3N4/c1-6(16)4-10-8-5-7(12(13,14)15)2-3-9(8)18-11(17)19-10/h2-3,5-6H,4,16H2,1H3,(H2,17,18,19). The zero-order valence-electron chi connectivity index (χ0n) is 10.2. The molecule has 1 aromatic heterocycles. The number of nitrogens with zero attached hydrogens (tertiary/aromatic N) is 2. The van der Waals surface area contributed by atoms with Crippen LogP contribution in [0.15, 0.2) is 18.2 Å². The van der Waals surface area contributed by atoms with E-state index in [4.69, 9.17) is 11.5 Å². The monoisotopic (exact) mass is 270 g/mol. The molecule has 0 saturated carbocycles. The van der Waals surface area contributed by atoms with Crippen LogP contribution in [0.5, 0.6) is 0 Å². The summed E-state index contributed by atoms with van der Waals surface area (Å²) >= 11 is 0. The van der Waals surface area contributed by atoms with Gasteiger partial charge in [-0.3, -0.25) is 0 Å². The topological polar surface area (TPSA) is 77.8 Å². The van der Waals surface area contributed by atoms with Crippen LogP contribution in [-0.4, -0.2) is 16.0 Å². The van der Waals surface area contributed by atoms with Gasteiger partial charge in [-0.25, -0.2) is 9.97 Å². The lowest BCUT2D eigenvalue weighted by Crippen LogP contribution is -2.19. The van der Waals surface area contributed by atoms with Crippen molar-refractivity contribution in [3.8, 4) is 0 Å². The Hall–Kier alpha value is -1.89. The molecule has 0 aliphatic carbocycles. The highest BCUT2D eigenvalue weighted by Gasteiger charge is 2.30. The van der Waals surface area contributed by atoms with Gasteiger partial charge in [0.25, 0.3) is 0 Å². The molecule has 1 heterocycles. The number of fused-ring (bicyclic) bond motifs is 1. The molecule has 0 aliphatic heterocycles. The fourth-order valence-electron chi connectivity index (χ4n) is 1.85. The number of benzene rings is 1. The van der Waals surface area contributed by atoms with Gasteiger partial charge in [-0.05, 0) is 25.1 Å². The van der Waals surface area contributed by atoms with Gasteiger partial charge in [-0.15, -0.1) is 0 Å². The van der Waals surface area contributed by atoms with Gasteiger partial charge in [0.1, 0.15) is 0 Å². The molecule has 0 fully saturated rings. The van der Waals surface area contributed by atoms with Crippen molar-refractivity contribution >= 4 is 16.9 Å². The Kier molecular flexibility index (Phi) is 3.32. The third-order valence-electron chi connectivity index (χ3n) is 2.63. The minimum absolute atomic E-state index is 0.0305. The first kappa shape index (κ1) is 13.5. The highest BCUT2D eigenvalue weighted by Crippen LogP contribution is 2.32. The molecular formula is C12H13F3N4. The Labute approximate surface area is 107 Å². The Balaban J connectivity index is 2.65. The summed E-state index contributed by atoms with van der Waals surface area (Å²) in [7, 11) is 0. The van der Waals surface area contributed by atoms with Crippen LogP contribution in [-0.2, 0) is 12.6 Å². The van der Waals surface area contributed by atoms with Crippen LogP contribution in [0.25, 0.3) is 10.9 Å². The van der Waals surface area contributed by atoms with Crippen molar-refractivity contribution in [1.82, 2.24) is 9.97 Å². The SMILES string of the molecule is CC(N)Cc1nc(N)nc2ccc(C(F)(F)F)cc12. The fraction of sp³-hybridized carbons (Fsp3) is 0.333. The first-order valence-electron chi connectivity index (χ1n) is 5.66. The number of nitrogen functional groups attached to an aromatic ring is 1. The van der Waals surface area contributed by atoms with Crippen molar-refractivity contribution in [2.24, 2.45) is 5.73 Å². The smallest absolute Gasteiger partial charge is 0.368 e. The third-order valence-corrected chi connectivity index (χ3v) is 2.63. The van der Waals surface area contributed by atoms with Gasteiger partial charge >= 0.3 is 6.18 Å². The van der Waals surface area contributed by atoms with Gasteiger partial charge in [0, 0.05) is 17.8 Å². The van der Waals surface area contributed by atoms with Gasteiger partial charge in [0.2, 0.25) is 5.95 Å². The normalized spacial score (nSPS) is 13.7. The summed E-state index contributed by atoms with van der Waals surface area (Å²) in [6.45, 7) is 1.75. The number of aromatic nitrogens is 2. The lowest BCUT2D eigenvalue weighted by atomic mass is 10.1. The number of rotatable bonds is 2. The van der Waals surface area contributed by atoms with Crippen molar-refractivity contribution in [3.05, 3.63) is 29.5 Å². The molecule has 0 amide bonds. The Morgan fingerprint density at radius 1 is 1.26 bits per heavy atom. The van der Waals surface area contributed by atoms with Gasteiger partial charge in [0.05, 0.1) is 16.8 Å². The van der Waals surface area contributed by atoms with E-state index >= 15 is 0 Å². The number of alkyl halides is 3. The van der Waals surface area contributed by atoms with Crippen molar-refractivity contribution in [2.45, 2.75) is 25.6 Å². The van der Waals surface area contributed by atoms with E-state index in [0.717, 1.165) is 12.1 Å². The summed E-state index contributed by atoms with van der Waals surface area (Å²) in [5, 5.41) is 0.335. The molecule has 1 aromatic carbocycles. The first-order chi connectivity index (χ1) is 8.77. The van der Waals surface area contributed by atoms with Crippen molar-refractivity contribution in [3.63, 3.8) is 0 Å². The second-order valence-corrected chi connectivity index (χ2v) is 4.44. The molecular weight excluding hydrogens is 257 g/mol. The minimum Gasteiger partial charge on any atom is -0.368 e. The number of hydrogen-bond donors (Lipinski definition) is 2. The van der Waals surface area contributed by atoms with Crippen molar-refractivity contribution < 1.29 is 13.2 Å². The lowest BCUT2D eigenvalue weighted by Gasteiger charge is -2.11. The van der Waals surface area contributed by atoms with Crippen LogP contribution < -0.4 is 11.5 Å². The molecule has 0 aliphatic rings. The van der Waals surface area contributed by atoms with E-state index in [-0.39, 0.29) is 12.0 Å². The second kappa shape index (κ2) is 4.65. The molecule has 4 nitrogen and oxygen atoms in total. The van der Waals surface area contributed by atoms with Crippen LogP contribution in [0.1, 0.15) is 18.2 Å². The quantitative estimate of drug-likeness (QED) is 0.876. The average Bonchev–Trinajstić information content (AvgIpc) is 2.26. The molecule has 1 unspecified atom stereocenters. The third kappa shape index (κ3) is 2.93. The number of halogens is 3. The summed E-state index contributed by atoms with van der Waals surface area (Å²) < 4.78 is 38.1. The number of hydrogen-bond acceptors (Lipinski definition) is 4. The molecule has 4 N–H and O–H groups in total. The van der Waals surface area contributed by atoms with Crippen LogP contribution in [0.2, 0.25) is 0 Å². The highest BCUT2D eigenvalue weighted by molar-refractivity contribution is 5.82. The van der Waals surface area contributed by atoms with E-state index in [9.17, 15) is 13.2 Å². The molecule has 102 valence electrons. The van der Waals surface area contributed by atoms with Crippen LogP contribution in [0, 0.1) is 0 Å². The lowest BCUT2D eigenvalue weighted by molar-refractivity contribution is -0.137. The van der Waals surface area contributed by atoms with E-state index in [1.807, 2.05) is 0 Å². The number of nitrogens with two attached hydrogens (primary N) is 2. The predicted octanol–water partition coefficient (Wildman–Crippen LogP) is 2.12. The van der Waals surface area contributed by atoms with E-state index in [2.05, 4.69) is 9.97 Å². The molecule has 0 bridgehead atoms. The fourth-order valence-corrected chi connectivity index (χ4v) is 1.85. The van der Waals surface area contributed by atoms with Crippen molar-refractivity contribution in [1.29, 1.82) is 0 Å². The minimum atomic E-state index is -4.40. The largest absolute Gasteiger partial charge is 0.416 e. The Morgan fingerprint density at radius 3 is 2.53 bits per heavy atom. The van der Waals surface area contributed by atoms with Gasteiger partial charge in [0.15, 0.2) is 0 Å². The number of anilines is 1. The molecule has 19 heavy (non-hydrogen) atoms. The molecule has 7 heteroatoms. The zero-order valence-corrected chi connectivity index (χ0v) is 10.2. The summed E-state index contributed by atoms with van der Waals surface area (Å²) in [5.74, 6) is 0.0305. The summed E-state index contributed by atoms with van der Waals surface area (Å²) in [6.07, 6.45) is -4.06. The molecule has 0 saturated heterocycles. The van der Waals surface area contributed by atoms with E-state index in [0.29, 0.717) is 23.0 Å². The molecule has 2 rings (SSSR count). The highest BCUT2D eigenvalue weighted by atomic mass is 19.4. The van der Waals surface area contributed by atoms with Gasteiger partial charge in [-0.2, -0.15) is 13.2 Å². The maximum absolute atomic E-state index is 12.7. The van der Waals surface area contributed by atoms with Gasteiger partial charge in [-0.1, -0.05) is 0 Å². The summed E-state index contributed by atoms with van der Waals surface area (Å²) in [6, 6.07) is 3.07. The second-order valence-electron chi connectivity index (χ2n) is 4.44. The average molecular weight is 270 g/mol. The van der Waals surface area contributed by atoms with E-state index < -0.39 is 11.7 Å². The maximum Gasteiger partial charge on any atom is 0.416 e. The Morgan fingerprint density at radius 2 is 1.95 bits per heavy atom. The molecule has 0 radical (unpaired) electrons. The van der Waals surface area contributed by atoms with E-state index in [1.54, 1.807) is 6.92 Å². The molecule has 1 atom stereocenters. The van der Waals surface area contributed by atoms with E-state index in [1.165, 1.54) is 6.07 Å². The summed E-state index contributed by atoms with van der Waals surface area (Å²) in [4.78, 5) is 7.91. The predicted molar refractivity (Wildman–Crippen MR) is 66.3 cm³/mol. The molecule has 0 spiro atoms. The van der Waals surface area contributed by atoms with Crippen molar-refractivity contribution in [2.75, 3.05) is 5.73 Å². The first-order valence-corrected chi connectivity index (χ1v) is 5.66. The zero-order chi connectivity index (χ0) is 14.2. The Bertz CT molecular complexity index is 608. The summed E-state index contributed by atoms with van der Waals surface area (Å²) in [5.41, 5.74) is 11.3. The van der Waals surface area contributed by atoms with Gasteiger partial charge < -0.3 is 11.5 Å². The van der Waals surface area contributed by atoms with Crippen LogP contribution >= 0.6 is 0 Å². The molecule has 2 aromatic rings. The maximum atomic E-state index is 12.7.